The maximum absolute atomic E-state index is 14.6. The van der Waals surface area contributed by atoms with Crippen molar-refractivity contribution in [2.24, 2.45) is 0 Å². The molecule has 9 aromatic rings. The van der Waals surface area contributed by atoms with Crippen LogP contribution in [0, 0.1) is 5.82 Å². The van der Waals surface area contributed by atoms with E-state index >= 15 is 0 Å². The highest BCUT2D eigenvalue weighted by atomic mass is 19.1. The van der Waals surface area contributed by atoms with Crippen LogP contribution in [0.3, 0.4) is 0 Å². The van der Waals surface area contributed by atoms with Gasteiger partial charge in [-0.1, -0.05) is 91.0 Å². The minimum absolute atomic E-state index is 0.257. The second-order valence-corrected chi connectivity index (χ2v) is 11.6. The number of aromatic nitrogens is 2. The van der Waals surface area contributed by atoms with Crippen LogP contribution in [0.25, 0.3) is 55.0 Å². The van der Waals surface area contributed by atoms with Crippen molar-refractivity contribution < 1.29 is 4.39 Å². The SMILES string of the molecule is Fc1cccc(-n2c3ccccc3c3ccc(N(c4ccccc4)c4cccc5c4c4ccccc4n5-c4ccccc4)cc32)c1. The standard InChI is InChI=1S/C42H28FN3/c43-29-13-11-18-32(27-29)46-37-21-9-7-19-34(37)35-26-25-33(28-41(35)46)44(30-14-3-1-4-15-30)39-23-12-24-40-42(39)36-20-8-10-22-38(36)45(40)31-16-5-2-6-17-31/h1-28H. The molecule has 0 amide bonds. The second-order valence-electron chi connectivity index (χ2n) is 11.6. The normalized spacial score (nSPS) is 11.6. The molecule has 218 valence electrons. The number of para-hydroxylation sites is 4. The van der Waals surface area contributed by atoms with Crippen LogP contribution in [-0.2, 0) is 0 Å². The lowest BCUT2D eigenvalue weighted by molar-refractivity contribution is 0.627. The van der Waals surface area contributed by atoms with Gasteiger partial charge >= 0.3 is 0 Å². The van der Waals surface area contributed by atoms with Crippen LogP contribution in [-0.4, -0.2) is 9.13 Å². The number of anilines is 3. The Kier molecular flexibility index (Phi) is 6.00. The molecule has 0 aliphatic carbocycles. The molecule has 0 spiro atoms. The maximum atomic E-state index is 14.6. The van der Waals surface area contributed by atoms with E-state index in [1.807, 2.05) is 12.1 Å². The van der Waals surface area contributed by atoms with Gasteiger partial charge in [0.15, 0.2) is 0 Å². The quantitative estimate of drug-likeness (QED) is 0.193. The van der Waals surface area contributed by atoms with Crippen molar-refractivity contribution in [2.45, 2.75) is 0 Å². The second kappa shape index (κ2) is 10.5. The molecule has 0 unspecified atom stereocenters. The highest BCUT2D eigenvalue weighted by Crippen LogP contribution is 2.45. The van der Waals surface area contributed by atoms with Crippen LogP contribution >= 0.6 is 0 Å². The van der Waals surface area contributed by atoms with Crippen molar-refractivity contribution in [2.75, 3.05) is 4.90 Å². The highest BCUT2D eigenvalue weighted by molar-refractivity contribution is 6.17. The number of fused-ring (bicyclic) bond motifs is 6. The molecule has 3 nitrogen and oxygen atoms in total. The third kappa shape index (κ3) is 4.04. The van der Waals surface area contributed by atoms with Crippen LogP contribution < -0.4 is 4.90 Å². The van der Waals surface area contributed by atoms with Gasteiger partial charge in [-0.3, -0.25) is 0 Å². The molecule has 0 aliphatic heterocycles. The molecule has 0 fully saturated rings. The average Bonchev–Trinajstić information content (AvgIpc) is 3.62. The van der Waals surface area contributed by atoms with Crippen LogP contribution in [0.4, 0.5) is 21.5 Å². The third-order valence-corrected chi connectivity index (χ3v) is 8.93. The zero-order valence-electron chi connectivity index (χ0n) is 24.9. The Hall–Kier alpha value is -6.13. The molecule has 4 heteroatoms. The first kappa shape index (κ1) is 26.3. The molecule has 0 radical (unpaired) electrons. The van der Waals surface area contributed by atoms with E-state index < -0.39 is 0 Å². The number of rotatable bonds is 5. The van der Waals surface area contributed by atoms with Crippen LogP contribution in [0.15, 0.2) is 170 Å². The molecule has 9 rings (SSSR count). The lowest BCUT2D eigenvalue weighted by atomic mass is 10.1. The smallest absolute Gasteiger partial charge is 0.125 e. The summed E-state index contributed by atoms with van der Waals surface area (Å²) in [5.74, 6) is -0.257. The first-order chi connectivity index (χ1) is 22.8. The fourth-order valence-corrected chi connectivity index (χ4v) is 7.04. The highest BCUT2D eigenvalue weighted by Gasteiger charge is 2.22. The van der Waals surface area contributed by atoms with Crippen molar-refractivity contribution in [1.82, 2.24) is 9.13 Å². The van der Waals surface area contributed by atoms with E-state index in [0.717, 1.165) is 61.3 Å². The van der Waals surface area contributed by atoms with E-state index in [-0.39, 0.29) is 5.82 Å². The number of hydrogen-bond acceptors (Lipinski definition) is 1. The van der Waals surface area contributed by atoms with E-state index in [0.29, 0.717) is 0 Å². The van der Waals surface area contributed by atoms with Gasteiger partial charge in [-0.25, -0.2) is 4.39 Å². The fraction of sp³-hybridized carbons (Fsp3) is 0. The van der Waals surface area contributed by atoms with Crippen molar-refractivity contribution in [3.8, 4) is 11.4 Å². The molecule has 0 N–H and O–H groups in total. The molecule has 2 aromatic heterocycles. The molecule has 46 heavy (non-hydrogen) atoms. The Morgan fingerprint density at radius 3 is 1.76 bits per heavy atom. The Morgan fingerprint density at radius 1 is 0.391 bits per heavy atom. The van der Waals surface area contributed by atoms with E-state index in [1.165, 1.54) is 16.8 Å². The first-order valence-corrected chi connectivity index (χ1v) is 15.5. The summed E-state index contributed by atoms with van der Waals surface area (Å²) >= 11 is 0. The fourth-order valence-electron chi connectivity index (χ4n) is 7.04. The molecular weight excluding hydrogens is 565 g/mol. The zero-order valence-corrected chi connectivity index (χ0v) is 24.9. The summed E-state index contributed by atoms with van der Waals surface area (Å²) in [5, 5.41) is 4.62. The lowest BCUT2D eigenvalue weighted by Crippen LogP contribution is -2.10. The molecule has 0 saturated carbocycles. The average molecular weight is 594 g/mol. The predicted molar refractivity (Wildman–Crippen MR) is 190 cm³/mol. The third-order valence-electron chi connectivity index (χ3n) is 8.93. The monoisotopic (exact) mass is 593 g/mol. The topological polar surface area (TPSA) is 13.1 Å². The van der Waals surface area contributed by atoms with Gasteiger partial charge in [0.05, 0.1) is 27.8 Å². The Morgan fingerprint density at radius 2 is 0.978 bits per heavy atom. The van der Waals surface area contributed by atoms with Gasteiger partial charge in [-0.2, -0.15) is 0 Å². The minimum Gasteiger partial charge on any atom is -0.310 e. The van der Waals surface area contributed by atoms with E-state index in [9.17, 15) is 4.39 Å². The van der Waals surface area contributed by atoms with Crippen LogP contribution in [0.2, 0.25) is 0 Å². The molecule has 0 saturated heterocycles. The van der Waals surface area contributed by atoms with Crippen LogP contribution in [0.5, 0.6) is 0 Å². The Bertz CT molecular complexity index is 2540. The summed E-state index contributed by atoms with van der Waals surface area (Å²) in [5.41, 5.74) is 9.43. The number of benzene rings is 7. The minimum atomic E-state index is -0.257. The molecular formula is C42H28FN3. The molecule has 0 atom stereocenters. The van der Waals surface area contributed by atoms with Crippen molar-refractivity contribution in [3.63, 3.8) is 0 Å². The van der Waals surface area contributed by atoms with Crippen molar-refractivity contribution >= 4 is 60.7 Å². The zero-order chi connectivity index (χ0) is 30.6. The Labute approximate surface area is 265 Å². The molecule has 7 aromatic carbocycles. The molecule has 2 heterocycles. The maximum Gasteiger partial charge on any atom is 0.125 e. The summed E-state index contributed by atoms with van der Waals surface area (Å²) < 4.78 is 19.1. The summed E-state index contributed by atoms with van der Waals surface area (Å²) in [6, 6.07) is 58.1. The number of hydrogen-bond donors (Lipinski definition) is 0. The van der Waals surface area contributed by atoms with Gasteiger partial charge in [0.25, 0.3) is 0 Å². The number of halogens is 1. The van der Waals surface area contributed by atoms with Gasteiger partial charge in [0, 0.05) is 44.3 Å². The van der Waals surface area contributed by atoms with Gasteiger partial charge in [0.2, 0.25) is 0 Å². The Balaban J connectivity index is 1.36. The summed E-state index contributed by atoms with van der Waals surface area (Å²) in [7, 11) is 0. The van der Waals surface area contributed by atoms with E-state index in [4.69, 9.17) is 0 Å². The van der Waals surface area contributed by atoms with Gasteiger partial charge < -0.3 is 14.0 Å². The van der Waals surface area contributed by atoms with Crippen LogP contribution in [0.1, 0.15) is 0 Å². The van der Waals surface area contributed by atoms with Gasteiger partial charge in [0.1, 0.15) is 5.82 Å². The molecule has 0 aliphatic rings. The molecule has 0 bridgehead atoms. The summed E-state index contributed by atoms with van der Waals surface area (Å²) in [6.07, 6.45) is 0. The summed E-state index contributed by atoms with van der Waals surface area (Å²) in [6.45, 7) is 0. The van der Waals surface area contributed by atoms with E-state index in [1.54, 1.807) is 12.1 Å². The van der Waals surface area contributed by atoms with Gasteiger partial charge in [-0.05, 0) is 78.9 Å². The number of nitrogens with zero attached hydrogens (tertiary/aromatic N) is 3. The van der Waals surface area contributed by atoms with E-state index in [2.05, 4.69) is 154 Å². The first-order valence-electron chi connectivity index (χ1n) is 15.5. The lowest BCUT2D eigenvalue weighted by Gasteiger charge is -2.27. The largest absolute Gasteiger partial charge is 0.310 e. The van der Waals surface area contributed by atoms with Gasteiger partial charge in [-0.15, -0.1) is 0 Å². The van der Waals surface area contributed by atoms with Crippen molar-refractivity contribution in [3.05, 3.63) is 176 Å². The predicted octanol–water partition coefficient (Wildman–Crippen LogP) is 11.5. The summed E-state index contributed by atoms with van der Waals surface area (Å²) in [4.78, 5) is 2.34. The van der Waals surface area contributed by atoms with Crippen molar-refractivity contribution in [1.29, 1.82) is 0 Å².